The van der Waals surface area contributed by atoms with Crippen molar-refractivity contribution in [2.24, 2.45) is 5.73 Å². The maximum atomic E-state index is 13.0. The van der Waals surface area contributed by atoms with Gasteiger partial charge >= 0.3 is 0 Å². The number of methoxy groups -OCH3 is 1. The van der Waals surface area contributed by atoms with E-state index >= 15 is 0 Å². The second-order valence-corrected chi connectivity index (χ2v) is 2.51. The van der Waals surface area contributed by atoms with E-state index in [9.17, 15) is 4.39 Å². The van der Waals surface area contributed by atoms with Gasteiger partial charge in [-0.2, -0.15) is 0 Å². The van der Waals surface area contributed by atoms with Gasteiger partial charge in [0.2, 0.25) is 0 Å². The first-order valence-electron chi connectivity index (χ1n) is 3.80. The molecule has 0 spiro atoms. The highest BCUT2D eigenvalue weighted by atomic mass is 19.1. The predicted octanol–water partition coefficient (Wildman–Crippen LogP) is 1.34. The third kappa shape index (κ3) is 1.95. The molecule has 0 amide bonds. The van der Waals surface area contributed by atoms with E-state index in [1.54, 1.807) is 6.07 Å². The zero-order chi connectivity index (χ0) is 8.97. The first-order valence-corrected chi connectivity index (χ1v) is 3.80. The summed E-state index contributed by atoms with van der Waals surface area (Å²) >= 11 is 0. The highest BCUT2D eigenvalue weighted by molar-refractivity contribution is 5.29. The minimum Gasteiger partial charge on any atom is -0.494 e. The Morgan fingerprint density at radius 3 is 2.75 bits per heavy atom. The van der Waals surface area contributed by atoms with E-state index in [-0.39, 0.29) is 11.6 Å². The largest absolute Gasteiger partial charge is 0.494 e. The van der Waals surface area contributed by atoms with Crippen molar-refractivity contribution in [3.8, 4) is 5.75 Å². The van der Waals surface area contributed by atoms with Gasteiger partial charge in [-0.15, -0.1) is 0 Å². The molecule has 2 N–H and O–H groups in total. The van der Waals surface area contributed by atoms with Gasteiger partial charge in [-0.1, -0.05) is 6.07 Å². The Kier molecular flexibility index (Phi) is 3.05. The van der Waals surface area contributed by atoms with E-state index in [4.69, 9.17) is 10.5 Å². The van der Waals surface area contributed by atoms with Crippen LogP contribution in [-0.2, 0) is 6.42 Å². The first-order chi connectivity index (χ1) is 5.77. The van der Waals surface area contributed by atoms with Gasteiger partial charge < -0.3 is 10.5 Å². The molecule has 66 valence electrons. The maximum Gasteiger partial charge on any atom is 0.165 e. The normalized spacial score (nSPS) is 9.92. The fourth-order valence-electron chi connectivity index (χ4n) is 1.03. The fourth-order valence-corrected chi connectivity index (χ4v) is 1.03. The molecule has 0 aliphatic carbocycles. The fraction of sp³-hybridized carbons (Fsp3) is 0.333. The predicted molar refractivity (Wildman–Crippen MR) is 45.7 cm³/mol. The molecule has 3 heteroatoms. The van der Waals surface area contributed by atoms with Gasteiger partial charge in [-0.3, -0.25) is 0 Å². The summed E-state index contributed by atoms with van der Waals surface area (Å²) in [6, 6.07) is 4.88. The Labute approximate surface area is 71.1 Å². The summed E-state index contributed by atoms with van der Waals surface area (Å²) in [6.45, 7) is 0.534. The minimum absolute atomic E-state index is 0.274. The van der Waals surface area contributed by atoms with Crippen LogP contribution in [0.4, 0.5) is 4.39 Å². The molecular weight excluding hydrogens is 157 g/mol. The van der Waals surface area contributed by atoms with Gasteiger partial charge in [0.25, 0.3) is 0 Å². The van der Waals surface area contributed by atoms with Crippen LogP contribution in [0.2, 0.25) is 0 Å². The van der Waals surface area contributed by atoms with E-state index in [2.05, 4.69) is 0 Å². The number of benzene rings is 1. The molecule has 1 aromatic carbocycles. The van der Waals surface area contributed by atoms with E-state index in [1.807, 2.05) is 6.07 Å². The third-order valence-corrected chi connectivity index (χ3v) is 1.65. The number of hydrogen-bond donors (Lipinski definition) is 1. The van der Waals surface area contributed by atoms with E-state index < -0.39 is 0 Å². The van der Waals surface area contributed by atoms with Crippen LogP contribution in [0.25, 0.3) is 0 Å². The maximum absolute atomic E-state index is 13.0. The van der Waals surface area contributed by atoms with Crippen LogP contribution in [0.5, 0.6) is 5.75 Å². The first kappa shape index (κ1) is 9.00. The molecule has 0 aromatic heterocycles. The SMILES string of the molecule is COc1ccc(CCN)cc1F. The monoisotopic (exact) mass is 169 g/mol. The van der Waals surface area contributed by atoms with Crippen molar-refractivity contribution in [3.05, 3.63) is 29.6 Å². The Morgan fingerprint density at radius 2 is 2.25 bits per heavy atom. The van der Waals surface area contributed by atoms with Crippen molar-refractivity contribution in [1.82, 2.24) is 0 Å². The van der Waals surface area contributed by atoms with Crippen molar-refractivity contribution in [1.29, 1.82) is 0 Å². The quantitative estimate of drug-likeness (QED) is 0.741. The number of rotatable bonds is 3. The second kappa shape index (κ2) is 4.07. The number of hydrogen-bond acceptors (Lipinski definition) is 2. The van der Waals surface area contributed by atoms with Crippen LogP contribution in [0.3, 0.4) is 0 Å². The Hall–Kier alpha value is -1.09. The molecule has 0 heterocycles. The van der Waals surface area contributed by atoms with Crippen LogP contribution in [0.1, 0.15) is 5.56 Å². The summed E-state index contributed by atoms with van der Waals surface area (Å²) in [5.74, 6) is -0.0563. The van der Waals surface area contributed by atoms with Crippen LogP contribution < -0.4 is 10.5 Å². The van der Waals surface area contributed by atoms with Crippen molar-refractivity contribution < 1.29 is 9.13 Å². The molecule has 0 bridgehead atoms. The van der Waals surface area contributed by atoms with Crippen molar-refractivity contribution in [3.63, 3.8) is 0 Å². The lowest BCUT2D eigenvalue weighted by molar-refractivity contribution is 0.386. The van der Waals surface area contributed by atoms with Gasteiger partial charge in [0, 0.05) is 0 Å². The van der Waals surface area contributed by atoms with Crippen molar-refractivity contribution >= 4 is 0 Å². The van der Waals surface area contributed by atoms with Gasteiger partial charge in [0.15, 0.2) is 11.6 Å². The van der Waals surface area contributed by atoms with E-state index in [1.165, 1.54) is 13.2 Å². The van der Waals surface area contributed by atoms with Gasteiger partial charge in [0.1, 0.15) is 0 Å². The number of ether oxygens (including phenoxy) is 1. The molecule has 0 saturated carbocycles. The lowest BCUT2D eigenvalue weighted by Crippen LogP contribution is -2.03. The topological polar surface area (TPSA) is 35.2 Å². The summed E-state index contributed by atoms with van der Waals surface area (Å²) < 4.78 is 17.8. The molecule has 2 nitrogen and oxygen atoms in total. The van der Waals surface area contributed by atoms with E-state index in [0.29, 0.717) is 13.0 Å². The molecular formula is C9H12FNO. The average molecular weight is 169 g/mol. The van der Waals surface area contributed by atoms with E-state index in [0.717, 1.165) is 5.56 Å². The molecule has 1 aromatic rings. The van der Waals surface area contributed by atoms with Crippen LogP contribution in [0.15, 0.2) is 18.2 Å². The van der Waals surface area contributed by atoms with Crippen molar-refractivity contribution in [2.45, 2.75) is 6.42 Å². The summed E-state index contributed by atoms with van der Waals surface area (Å²) in [5, 5.41) is 0. The summed E-state index contributed by atoms with van der Waals surface area (Å²) in [5.41, 5.74) is 6.23. The molecule has 1 rings (SSSR count). The lowest BCUT2D eigenvalue weighted by atomic mass is 10.1. The molecule has 0 fully saturated rings. The zero-order valence-corrected chi connectivity index (χ0v) is 7.01. The Morgan fingerprint density at radius 1 is 1.50 bits per heavy atom. The van der Waals surface area contributed by atoms with Crippen molar-refractivity contribution in [2.75, 3.05) is 13.7 Å². The highest BCUT2D eigenvalue weighted by Crippen LogP contribution is 2.17. The highest BCUT2D eigenvalue weighted by Gasteiger charge is 2.01. The Balaban J connectivity index is 2.86. The molecule has 12 heavy (non-hydrogen) atoms. The lowest BCUT2D eigenvalue weighted by Gasteiger charge is -2.03. The van der Waals surface area contributed by atoms with Crippen LogP contribution in [0, 0.1) is 5.82 Å². The smallest absolute Gasteiger partial charge is 0.165 e. The van der Waals surface area contributed by atoms with Gasteiger partial charge in [-0.05, 0) is 30.7 Å². The number of nitrogens with two attached hydrogens (primary N) is 1. The molecule has 0 aliphatic heterocycles. The standard InChI is InChI=1S/C9H12FNO/c1-12-9-3-2-7(4-5-11)6-8(9)10/h2-3,6H,4-5,11H2,1H3. The molecule has 0 saturated heterocycles. The third-order valence-electron chi connectivity index (χ3n) is 1.65. The summed E-state index contributed by atoms with van der Waals surface area (Å²) in [6.07, 6.45) is 0.695. The van der Waals surface area contributed by atoms with Gasteiger partial charge in [0.05, 0.1) is 7.11 Å². The average Bonchev–Trinajstić information content (AvgIpc) is 2.05. The molecule has 0 unspecified atom stereocenters. The second-order valence-electron chi connectivity index (χ2n) is 2.51. The number of halogens is 1. The molecule has 0 radical (unpaired) electrons. The van der Waals surface area contributed by atoms with Gasteiger partial charge in [-0.25, -0.2) is 4.39 Å². The zero-order valence-electron chi connectivity index (χ0n) is 7.01. The summed E-state index contributed by atoms with van der Waals surface area (Å²) in [4.78, 5) is 0. The minimum atomic E-state index is -0.330. The molecule has 0 atom stereocenters. The van der Waals surface area contributed by atoms with Crippen LogP contribution >= 0.6 is 0 Å². The van der Waals surface area contributed by atoms with Crippen LogP contribution in [-0.4, -0.2) is 13.7 Å². The Bertz CT molecular complexity index is 263. The molecule has 0 aliphatic rings. The summed E-state index contributed by atoms with van der Waals surface area (Å²) in [7, 11) is 1.45.